The third kappa shape index (κ3) is 33.6. The summed E-state index contributed by atoms with van der Waals surface area (Å²) in [5.41, 5.74) is 10.9. The van der Waals surface area contributed by atoms with Crippen molar-refractivity contribution in [1.29, 1.82) is 0 Å². The average Bonchev–Trinajstić information content (AvgIpc) is 1.62. The SMILES string of the molecule is CC.CC(=O)O.CCC(=O)c1ccc(Cl)cc1.CCOC(=O)/C(=N\Nc1ccc(Cl)cc1Cl)C(C)C(=O)c1ccc(Cl)cc1.CCOC(=O)C(=O)C(C)C([O-])c1ccc(Cl)cc1.CCOC(=O)c1nn(-c2ccc(Cl)cc2Cl)c(-c2ccc(Cl)cc2)c1C.II.NNc1ccc(Cl)cc1Cl.[Li+]. The molecule has 5 N–H and O–H groups in total. The number of rotatable bonds is 19. The van der Waals surface area contributed by atoms with E-state index in [1.165, 1.54) is 13.0 Å². The molecule has 0 aliphatic heterocycles. The molecule has 0 radical (unpaired) electrons. The van der Waals surface area contributed by atoms with Gasteiger partial charge in [0.15, 0.2) is 23.0 Å². The molecule has 1 heterocycles. The molecule has 0 saturated heterocycles. The molecule has 1 aromatic heterocycles. The van der Waals surface area contributed by atoms with Crippen molar-refractivity contribution in [2.45, 2.75) is 81.8 Å². The van der Waals surface area contributed by atoms with Crippen molar-refractivity contribution < 1.29 is 76.8 Å². The van der Waals surface area contributed by atoms with E-state index in [1.54, 1.807) is 166 Å². The predicted molar refractivity (Wildman–Crippen MR) is 422 cm³/mol. The number of Topliss-reactive ketones (excluding diaryl/α,β-unsaturated/α-hetero) is 3. The molecule has 0 saturated carbocycles. The molecule has 0 amide bonds. The summed E-state index contributed by atoms with van der Waals surface area (Å²) in [5.74, 6) is -0.586. The number of benzene rings is 7. The minimum absolute atomic E-state index is 0. The van der Waals surface area contributed by atoms with Crippen molar-refractivity contribution in [3.05, 3.63) is 230 Å². The summed E-state index contributed by atoms with van der Waals surface area (Å²) < 4.78 is 16.4. The van der Waals surface area contributed by atoms with E-state index in [2.05, 4.69) is 63.0 Å². The normalized spacial score (nSPS) is 10.9. The molecule has 0 spiro atoms. The number of esters is 3. The van der Waals surface area contributed by atoms with Crippen LogP contribution in [0.3, 0.4) is 0 Å². The molecule has 3 atom stereocenters. The number of ether oxygens (including phenoxy) is 3. The molecule has 8 aromatic rings. The van der Waals surface area contributed by atoms with Gasteiger partial charge in [0.05, 0.1) is 63.6 Å². The number of aromatic nitrogens is 2. The maximum atomic E-state index is 12.7. The van der Waals surface area contributed by atoms with Crippen molar-refractivity contribution in [2.24, 2.45) is 22.8 Å². The largest absolute Gasteiger partial charge is 1.00 e. The number of carbonyl (C=O) groups excluding carboxylic acids is 6. The van der Waals surface area contributed by atoms with Crippen LogP contribution in [0.4, 0.5) is 11.4 Å². The Balaban J connectivity index is 0.00000125. The fraction of sp³-hybridized carbons (Fsp3) is 0.243. The maximum Gasteiger partial charge on any atom is 1.00 e. The summed E-state index contributed by atoms with van der Waals surface area (Å²) in [6, 6.07) is 41.8. The van der Waals surface area contributed by atoms with E-state index in [-0.39, 0.29) is 61.7 Å². The van der Waals surface area contributed by atoms with E-state index < -0.39 is 47.6 Å². The Morgan fingerprint density at radius 3 is 1.41 bits per heavy atom. The van der Waals surface area contributed by atoms with Crippen molar-refractivity contribution in [2.75, 3.05) is 30.7 Å². The molecular formula is C70H71Cl10I2LiN6O12. The topological polar surface area (TPSA) is 271 Å². The number of nitrogens with zero attached hydrogens (tertiary/aromatic N) is 3. The molecule has 18 nitrogen and oxygen atoms in total. The fourth-order valence-corrected chi connectivity index (χ4v) is 9.70. The smallest absolute Gasteiger partial charge is 0.848 e. The van der Waals surface area contributed by atoms with Gasteiger partial charge in [0.2, 0.25) is 5.78 Å². The van der Waals surface area contributed by atoms with Crippen LogP contribution in [-0.4, -0.2) is 81.6 Å². The first-order valence-corrected chi connectivity index (χ1v) is 39.9. The maximum absolute atomic E-state index is 12.7. The monoisotopic (exact) mass is 1800 g/mol. The van der Waals surface area contributed by atoms with Crippen LogP contribution < -0.4 is 40.7 Å². The number of nitrogen functional groups attached to an aromatic ring is 1. The van der Waals surface area contributed by atoms with Gasteiger partial charge < -0.3 is 29.8 Å². The zero-order chi connectivity index (χ0) is 75.9. The number of hydrogen-bond donors (Lipinski definition) is 4. The number of ketones is 3. The second kappa shape index (κ2) is 51.9. The van der Waals surface area contributed by atoms with Gasteiger partial charge in [-0.3, -0.25) is 30.4 Å². The number of halogens is 12. The predicted octanol–water partition coefficient (Wildman–Crippen LogP) is 18.1. The third-order valence-corrected chi connectivity index (χ3v) is 15.2. The number of anilines is 2. The van der Waals surface area contributed by atoms with Crippen molar-refractivity contribution in [3.63, 3.8) is 0 Å². The number of carboxylic acid groups (broad SMARTS) is 1. The zero-order valence-electron chi connectivity index (χ0n) is 56.4. The first-order chi connectivity index (χ1) is 47.4. The Morgan fingerprint density at radius 2 is 0.980 bits per heavy atom. The molecule has 0 fully saturated rings. The van der Waals surface area contributed by atoms with Gasteiger partial charge in [-0.05, 0) is 162 Å². The van der Waals surface area contributed by atoms with E-state index in [9.17, 15) is 33.9 Å². The fourth-order valence-electron chi connectivity index (χ4n) is 7.79. The number of nitrogens with two attached hydrogens (primary N) is 1. The first kappa shape index (κ1) is 95.8. The van der Waals surface area contributed by atoms with E-state index >= 15 is 0 Å². The Labute approximate surface area is 673 Å². The van der Waals surface area contributed by atoms with Gasteiger partial charge in [0.25, 0.3) is 5.97 Å². The quantitative estimate of drug-likeness (QED) is 0.00674. The number of aliphatic carboxylic acids is 1. The number of nitrogens with one attached hydrogen (secondary N) is 2. The standard InChI is InChI=1S/C19H17Cl3N2O3.C19H15Cl3N2O2.C13H14ClO4.C9H9ClO.C6H6Cl2N2.C2H4O2.C2H6.I2.Li/c1-3-27-19(26)17(24-23-16-9-8-14(21)10-15(16)22)11(2)18(25)12-4-6-13(20)7-5-12;1-3-26-19(25)17-11(2)18(12-4-6-13(20)7-5-12)24(23-17)16-9-8-14(21)10-15(16)22;1-3-18-13(17)12(16)8(2)11(15)9-4-6-10(14)7-5-9;1-2-9(11)7-3-5-8(10)6-4-7;7-4-1-2-6(10-9)5(8)3-4;1-2(3)4;2*1-2;/h4-11,23H,3H2,1-2H3;4-10H,3H2,1-2H3;4-8,11H,3H2,1-2H3;3-6H,2H2,1H3;1-3,10H,9H2;1H3,(H,3,4);1-2H3;;/q;;-1;;;;;;+1/b24-17-;;;;;;;;. The molecule has 3 unspecified atom stereocenters. The number of hydrazine groups is 1. The second-order valence-electron chi connectivity index (χ2n) is 19.5. The van der Waals surface area contributed by atoms with E-state index in [0.29, 0.717) is 90.4 Å². The molecule has 538 valence electrons. The molecule has 7 aromatic carbocycles. The summed E-state index contributed by atoms with van der Waals surface area (Å²) in [4.78, 5) is 80.3. The van der Waals surface area contributed by atoms with Crippen LogP contribution in [0.1, 0.15) is 117 Å². The van der Waals surface area contributed by atoms with Crippen LogP contribution in [0.15, 0.2) is 157 Å². The third-order valence-electron chi connectivity index (χ3n) is 12.6. The number of carbonyl (C=O) groups is 7. The van der Waals surface area contributed by atoms with Crippen molar-refractivity contribution in [1.82, 2.24) is 9.78 Å². The van der Waals surface area contributed by atoms with Crippen LogP contribution >= 0.6 is 153 Å². The first-order valence-electron chi connectivity index (χ1n) is 29.8. The average molecular weight is 1800 g/mol. The Morgan fingerprint density at radius 1 is 0.584 bits per heavy atom. The van der Waals surface area contributed by atoms with Gasteiger partial charge in [-0.25, -0.2) is 19.1 Å². The molecule has 101 heavy (non-hydrogen) atoms. The van der Waals surface area contributed by atoms with Crippen LogP contribution in [0, 0.1) is 18.8 Å². The number of hydrazone groups is 1. The van der Waals surface area contributed by atoms with Gasteiger partial charge in [0.1, 0.15) is 0 Å². The number of hydrogen-bond acceptors (Lipinski definition) is 16. The Kier molecular flexibility index (Phi) is 49.2. The van der Waals surface area contributed by atoms with Crippen LogP contribution in [0.25, 0.3) is 16.9 Å². The summed E-state index contributed by atoms with van der Waals surface area (Å²) in [6.07, 6.45) is -0.763. The molecule has 31 heteroatoms. The minimum atomic E-state index is -1.31. The molecule has 0 bridgehead atoms. The van der Waals surface area contributed by atoms with E-state index in [0.717, 1.165) is 23.7 Å². The van der Waals surface area contributed by atoms with Crippen molar-refractivity contribution >= 4 is 212 Å². The molecule has 8 rings (SSSR count). The van der Waals surface area contributed by atoms with E-state index in [4.69, 9.17) is 141 Å². The van der Waals surface area contributed by atoms with Crippen molar-refractivity contribution in [3.8, 4) is 16.9 Å². The molecule has 0 aliphatic rings. The molecular weight excluding hydrogens is 1730 g/mol. The van der Waals surface area contributed by atoms with Crippen LogP contribution in [0.5, 0.6) is 0 Å². The summed E-state index contributed by atoms with van der Waals surface area (Å²) in [5, 5.41) is 33.1. The van der Waals surface area contributed by atoms with Gasteiger partial charge in [-0.1, -0.05) is 180 Å². The molecule has 0 aliphatic carbocycles. The summed E-state index contributed by atoms with van der Waals surface area (Å²) in [6.45, 7) is 17.3. The van der Waals surface area contributed by atoms with Gasteiger partial charge >= 0.3 is 36.8 Å². The number of carboxylic acids is 1. The van der Waals surface area contributed by atoms with Gasteiger partial charge in [0, 0.05) is 114 Å². The van der Waals surface area contributed by atoms with Gasteiger partial charge in [-0.15, -0.1) is 0 Å². The Hall–Kier alpha value is -5.21. The zero-order valence-corrected chi connectivity index (χ0v) is 68.3. The summed E-state index contributed by atoms with van der Waals surface area (Å²) >= 11 is 63.1. The van der Waals surface area contributed by atoms with Crippen LogP contribution in [0.2, 0.25) is 50.2 Å². The second-order valence-corrected chi connectivity index (χ2v) is 23.8. The summed E-state index contributed by atoms with van der Waals surface area (Å²) in [7, 11) is 0. The van der Waals surface area contributed by atoms with Gasteiger partial charge in [-0.2, -0.15) is 10.2 Å². The minimum Gasteiger partial charge on any atom is -0.848 e. The Bertz CT molecular complexity index is 3970. The van der Waals surface area contributed by atoms with Crippen LogP contribution in [-0.2, 0) is 33.4 Å². The van der Waals surface area contributed by atoms with E-state index in [1.807, 2.05) is 39.8 Å².